The quantitative estimate of drug-likeness (QED) is 0.510. The number of carbonyl (C=O) groups is 1. The zero-order valence-electron chi connectivity index (χ0n) is 16.6. The molecule has 0 radical (unpaired) electrons. The van der Waals surface area contributed by atoms with Gasteiger partial charge in [0.1, 0.15) is 12.4 Å². The maximum absolute atomic E-state index is 13.0. The number of nitrogens with one attached hydrogen (secondary N) is 1. The van der Waals surface area contributed by atoms with Gasteiger partial charge in [0, 0.05) is 13.1 Å². The average Bonchev–Trinajstić information content (AvgIpc) is 2.74. The van der Waals surface area contributed by atoms with E-state index in [2.05, 4.69) is 10.5 Å². The van der Waals surface area contributed by atoms with Crippen LogP contribution in [0.5, 0.6) is 11.5 Å². The monoisotopic (exact) mass is 435 g/mol. The Hall–Kier alpha value is -2.68. The molecule has 0 aliphatic carbocycles. The van der Waals surface area contributed by atoms with Crippen molar-refractivity contribution in [2.75, 3.05) is 40.0 Å². The van der Waals surface area contributed by atoms with Crippen LogP contribution in [0.1, 0.15) is 11.1 Å². The summed E-state index contributed by atoms with van der Waals surface area (Å²) < 4.78 is 29.4. The molecule has 0 atom stereocenters. The van der Waals surface area contributed by atoms with Crippen LogP contribution in [0.4, 0.5) is 4.39 Å². The average molecular weight is 436 g/mol. The van der Waals surface area contributed by atoms with Gasteiger partial charge in [-0.1, -0.05) is 23.7 Å². The van der Waals surface area contributed by atoms with Gasteiger partial charge < -0.3 is 14.2 Å². The van der Waals surface area contributed by atoms with Crippen LogP contribution in [0.2, 0.25) is 5.02 Å². The smallest absolute Gasteiger partial charge is 0.254 e. The van der Waals surface area contributed by atoms with E-state index in [0.717, 1.165) is 18.7 Å². The molecule has 3 rings (SSSR count). The number of hydrogen-bond acceptors (Lipinski definition) is 6. The van der Waals surface area contributed by atoms with Crippen molar-refractivity contribution in [3.8, 4) is 11.5 Å². The SMILES string of the molecule is COc1cc(/C=N/NC(=O)CN2CCOCC2)cc(Cl)c1OCc1ccc(F)cc1. The van der Waals surface area contributed by atoms with Crippen molar-refractivity contribution < 1.29 is 23.4 Å². The van der Waals surface area contributed by atoms with E-state index in [1.54, 1.807) is 24.3 Å². The van der Waals surface area contributed by atoms with E-state index in [-0.39, 0.29) is 24.9 Å². The van der Waals surface area contributed by atoms with Crippen LogP contribution in [0.25, 0.3) is 0 Å². The minimum atomic E-state index is -0.310. The van der Waals surface area contributed by atoms with Crippen molar-refractivity contribution in [3.63, 3.8) is 0 Å². The maximum atomic E-state index is 13.0. The molecular formula is C21H23ClFN3O4. The number of rotatable bonds is 8. The van der Waals surface area contributed by atoms with Gasteiger partial charge >= 0.3 is 0 Å². The topological polar surface area (TPSA) is 72.4 Å². The number of morpholine rings is 1. The van der Waals surface area contributed by atoms with Crippen molar-refractivity contribution in [2.24, 2.45) is 5.10 Å². The Balaban J connectivity index is 1.59. The zero-order chi connectivity index (χ0) is 21.3. The lowest BCUT2D eigenvalue weighted by molar-refractivity contribution is -0.123. The molecule has 2 aromatic rings. The fourth-order valence-corrected chi connectivity index (χ4v) is 3.14. The first-order valence-corrected chi connectivity index (χ1v) is 9.79. The fourth-order valence-electron chi connectivity index (χ4n) is 2.87. The second kappa shape index (κ2) is 10.9. The number of amides is 1. The summed E-state index contributed by atoms with van der Waals surface area (Å²) in [6, 6.07) is 9.35. The van der Waals surface area contributed by atoms with E-state index in [1.165, 1.54) is 25.5 Å². The van der Waals surface area contributed by atoms with Crippen LogP contribution in [-0.2, 0) is 16.1 Å². The van der Waals surface area contributed by atoms with E-state index in [4.69, 9.17) is 25.8 Å². The van der Waals surface area contributed by atoms with Crippen molar-refractivity contribution >= 4 is 23.7 Å². The molecule has 1 amide bonds. The third kappa shape index (κ3) is 6.41. The molecule has 0 spiro atoms. The molecule has 0 saturated carbocycles. The number of carbonyl (C=O) groups excluding carboxylic acids is 1. The van der Waals surface area contributed by atoms with E-state index in [1.807, 2.05) is 4.90 Å². The molecule has 1 saturated heterocycles. The summed E-state index contributed by atoms with van der Waals surface area (Å²) in [4.78, 5) is 14.0. The van der Waals surface area contributed by atoms with Crippen LogP contribution in [-0.4, -0.2) is 57.0 Å². The fraction of sp³-hybridized carbons (Fsp3) is 0.333. The molecule has 7 nitrogen and oxygen atoms in total. The molecule has 0 unspecified atom stereocenters. The van der Waals surface area contributed by atoms with Crippen LogP contribution in [0.3, 0.4) is 0 Å². The van der Waals surface area contributed by atoms with Crippen molar-refractivity contribution in [1.82, 2.24) is 10.3 Å². The van der Waals surface area contributed by atoms with E-state index in [9.17, 15) is 9.18 Å². The summed E-state index contributed by atoms with van der Waals surface area (Å²) in [6.45, 7) is 3.18. The Morgan fingerprint density at radius 2 is 2.03 bits per heavy atom. The zero-order valence-corrected chi connectivity index (χ0v) is 17.3. The molecule has 0 aromatic heterocycles. The first kappa shape index (κ1) is 22.0. The van der Waals surface area contributed by atoms with Gasteiger partial charge in [0.05, 0.1) is 38.1 Å². The second-order valence-corrected chi connectivity index (χ2v) is 7.04. The van der Waals surface area contributed by atoms with Gasteiger partial charge in [-0.3, -0.25) is 9.69 Å². The Kier molecular flexibility index (Phi) is 8.01. The van der Waals surface area contributed by atoms with Crippen molar-refractivity contribution in [2.45, 2.75) is 6.61 Å². The van der Waals surface area contributed by atoms with Crippen LogP contribution >= 0.6 is 11.6 Å². The number of nitrogens with zero attached hydrogens (tertiary/aromatic N) is 2. The third-order valence-electron chi connectivity index (χ3n) is 4.42. The Labute approximate surface area is 179 Å². The summed E-state index contributed by atoms with van der Waals surface area (Å²) >= 11 is 6.34. The van der Waals surface area contributed by atoms with E-state index >= 15 is 0 Å². The first-order valence-electron chi connectivity index (χ1n) is 9.42. The summed E-state index contributed by atoms with van der Waals surface area (Å²) in [6.07, 6.45) is 1.48. The normalized spacial score (nSPS) is 14.6. The lowest BCUT2D eigenvalue weighted by Gasteiger charge is -2.25. The molecule has 30 heavy (non-hydrogen) atoms. The first-order chi connectivity index (χ1) is 14.5. The van der Waals surface area contributed by atoms with Crippen LogP contribution < -0.4 is 14.9 Å². The predicted molar refractivity (Wildman–Crippen MR) is 112 cm³/mol. The van der Waals surface area contributed by atoms with Crippen molar-refractivity contribution in [3.05, 3.63) is 58.4 Å². The highest BCUT2D eigenvalue weighted by Crippen LogP contribution is 2.36. The minimum Gasteiger partial charge on any atom is -0.493 e. The van der Waals surface area contributed by atoms with Gasteiger partial charge in [0.2, 0.25) is 0 Å². The largest absolute Gasteiger partial charge is 0.493 e. The number of methoxy groups -OCH3 is 1. The van der Waals surface area contributed by atoms with Gasteiger partial charge in [-0.15, -0.1) is 0 Å². The van der Waals surface area contributed by atoms with Gasteiger partial charge in [-0.2, -0.15) is 5.10 Å². The Morgan fingerprint density at radius 3 is 2.73 bits per heavy atom. The Bertz CT molecular complexity index is 887. The molecule has 1 N–H and O–H groups in total. The molecule has 1 aliphatic heterocycles. The van der Waals surface area contributed by atoms with E-state index < -0.39 is 0 Å². The summed E-state index contributed by atoms with van der Waals surface area (Å²) in [7, 11) is 1.50. The minimum absolute atomic E-state index is 0.203. The molecule has 1 heterocycles. The lowest BCUT2D eigenvalue weighted by atomic mass is 10.2. The number of ether oxygens (including phenoxy) is 3. The highest BCUT2D eigenvalue weighted by molar-refractivity contribution is 6.32. The highest BCUT2D eigenvalue weighted by Gasteiger charge is 2.14. The molecule has 0 bridgehead atoms. The number of hydrogen-bond donors (Lipinski definition) is 1. The molecule has 1 fully saturated rings. The summed E-state index contributed by atoms with van der Waals surface area (Å²) in [5.74, 6) is 0.281. The second-order valence-electron chi connectivity index (χ2n) is 6.63. The lowest BCUT2D eigenvalue weighted by Crippen LogP contribution is -2.42. The highest BCUT2D eigenvalue weighted by atomic mass is 35.5. The van der Waals surface area contributed by atoms with Gasteiger partial charge in [0.15, 0.2) is 11.5 Å². The van der Waals surface area contributed by atoms with Crippen LogP contribution in [0.15, 0.2) is 41.5 Å². The Morgan fingerprint density at radius 1 is 1.30 bits per heavy atom. The van der Waals surface area contributed by atoms with Crippen molar-refractivity contribution in [1.29, 1.82) is 0 Å². The summed E-state index contributed by atoms with van der Waals surface area (Å²) in [5.41, 5.74) is 3.93. The molecule has 9 heteroatoms. The number of halogens is 2. The standard InChI is InChI=1S/C21H23ClFN3O4/c1-28-19-11-16(12-24-25-20(27)13-26-6-8-29-9-7-26)10-18(22)21(19)30-14-15-2-4-17(23)5-3-15/h2-5,10-12H,6-9,13-14H2,1H3,(H,25,27)/b24-12+. The van der Waals surface area contributed by atoms with Crippen LogP contribution in [0, 0.1) is 5.82 Å². The summed E-state index contributed by atoms with van der Waals surface area (Å²) in [5, 5.41) is 4.31. The molecular weight excluding hydrogens is 413 g/mol. The molecule has 1 aliphatic rings. The number of hydrazone groups is 1. The third-order valence-corrected chi connectivity index (χ3v) is 4.70. The molecule has 160 valence electrons. The predicted octanol–water partition coefficient (Wildman–Crippen LogP) is 2.85. The van der Waals surface area contributed by atoms with Gasteiger partial charge in [0.25, 0.3) is 5.91 Å². The number of benzene rings is 2. The molecule has 2 aromatic carbocycles. The van der Waals surface area contributed by atoms with E-state index in [0.29, 0.717) is 35.3 Å². The van der Waals surface area contributed by atoms with Gasteiger partial charge in [-0.05, 0) is 35.4 Å². The maximum Gasteiger partial charge on any atom is 0.254 e. The van der Waals surface area contributed by atoms with Gasteiger partial charge in [-0.25, -0.2) is 9.82 Å².